The van der Waals surface area contributed by atoms with Crippen molar-refractivity contribution in [2.45, 2.75) is 26.3 Å². The number of amides is 1. The number of nitrogens with two attached hydrogens (primary N) is 1. The number of aryl methyl sites for hydroxylation is 1. The molecule has 0 fully saturated rings. The Labute approximate surface area is 147 Å². The van der Waals surface area contributed by atoms with Crippen LogP contribution in [0.3, 0.4) is 0 Å². The molecule has 0 aliphatic carbocycles. The van der Waals surface area contributed by atoms with Gasteiger partial charge in [-0.1, -0.05) is 13.0 Å². The third-order valence-corrected chi connectivity index (χ3v) is 3.80. The van der Waals surface area contributed by atoms with Gasteiger partial charge in [0.25, 0.3) is 0 Å². The Kier molecular flexibility index (Phi) is 8.52. The van der Waals surface area contributed by atoms with Crippen molar-refractivity contribution in [3.63, 3.8) is 0 Å². The van der Waals surface area contributed by atoms with Gasteiger partial charge in [0, 0.05) is 32.0 Å². The quantitative estimate of drug-likeness (QED) is 0.853. The van der Waals surface area contributed by atoms with Gasteiger partial charge in [0.15, 0.2) is 5.82 Å². The molecule has 3 N–H and O–H groups in total. The molecule has 0 saturated heterocycles. The first-order chi connectivity index (χ1) is 9.91. The molecular weight excluding hydrogens is 342 g/mol. The molecule has 0 bridgehead atoms. The van der Waals surface area contributed by atoms with Crippen LogP contribution in [0.25, 0.3) is 11.0 Å². The lowest BCUT2D eigenvalue weighted by molar-refractivity contribution is -0.124. The number of hydrogen-bond acceptors (Lipinski definition) is 3. The Morgan fingerprint density at radius 3 is 2.61 bits per heavy atom. The lowest BCUT2D eigenvalue weighted by Crippen LogP contribution is -2.39. The first-order valence-corrected chi connectivity index (χ1v) is 7.05. The average molecular weight is 365 g/mol. The molecule has 5 nitrogen and oxygen atoms in total. The largest absolute Gasteiger partial charge is 0.355 e. The molecule has 130 valence electrons. The van der Waals surface area contributed by atoms with E-state index in [2.05, 4.69) is 10.3 Å². The van der Waals surface area contributed by atoms with E-state index in [-0.39, 0.29) is 48.5 Å². The van der Waals surface area contributed by atoms with Gasteiger partial charge < -0.3 is 15.6 Å². The van der Waals surface area contributed by atoms with Gasteiger partial charge in [-0.15, -0.1) is 24.8 Å². The van der Waals surface area contributed by atoms with Crippen LogP contribution in [0.15, 0.2) is 18.2 Å². The number of hydrogen-bond donors (Lipinski definition) is 2. The number of para-hydroxylation sites is 1. The SMILES string of the molecule is CC(N)C(C)C(=O)NCCc1nc2c(F)cccc2n1C.Cl.Cl. The van der Waals surface area contributed by atoms with E-state index < -0.39 is 0 Å². The van der Waals surface area contributed by atoms with E-state index >= 15 is 0 Å². The summed E-state index contributed by atoms with van der Waals surface area (Å²) in [6.07, 6.45) is 0.544. The molecule has 0 aliphatic rings. The van der Waals surface area contributed by atoms with Gasteiger partial charge in [0.1, 0.15) is 11.3 Å². The van der Waals surface area contributed by atoms with E-state index in [4.69, 9.17) is 5.73 Å². The molecule has 1 amide bonds. The standard InChI is InChI=1S/C15H21FN4O.2ClH/c1-9(10(2)17)15(21)18-8-7-13-19-14-11(16)5-4-6-12(14)20(13)3;;/h4-6,9-10H,7-8,17H2,1-3H3,(H,18,21);2*1H. The maximum absolute atomic E-state index is 13.7. The monoisotopic (exact) mass is 364 g/mol. The molecule has 23 heavy (non-hydrogen) atoms. The third kappa shape index (κ3) is 4.80. The number of fused-ring (bicyclic) bond motifs is 1. The van der Waals surface area contributed by atoms with Crippen LogP contribution in [0.2, 0.25) is 0 Å². The van der Waals surface area contributed by atoms with Crippen molar-refractivity contribution < 1.29 is 9.18 Å². The zero-order valence-electron chi connectivity index (χ0n) is 13.4. The number of benzene rings is 1. The fourth-order valence-electron chi connectivity index (χ4n) is 2.15. The van der Waals surface area contributed by atoms with Gasteiger partial charge in [0.05, 0.1) is 5.52 Å². The molecule has 2 unspecified atom stereocenters. The molecule has 1 heterocycles. The van der Waals surface area contributed by atoms with Crippen molar-refractivity contribution >= 4 is 41.8 Å². The van der Waals surface area contributed by atoms with Crippen LogP contribution in [0.4, 0.5) is 4.39 Å². The lowest BCUT2D eigenvalue weighted by Gasteiger charge is -2.15. The Balaban J connectivity index is 0.00000242. The highest BCUT2D eigenvalue weighted by Gasteiger charge is 2.17. The van der Waals surface area contributed by atoms with Crippen LogP contribution >= 0.6 is 24.8 Å². The van der Waals surface area contributed by atoms with Crippen molar-refractivity contribution in [1.82, 2.24) is 14.9 Å². The van der Waals surface area contributed by atoms with E-state index in [1.165, 1.54) is 6.07 Å². The lowest BCUT2D eigenvalue weighted by atomic mass is 10.0. The van der Waals surface area contributed by atoms with Crippen molar-refractivity contribution in [2.75, 3.05) is 6.54 Å². The highest BCUT2D eigenvalue weighted by atomic mass is 35.5. The summed E-state index contributed by atoms with van der Waals surface area (Å²) in [4.78, 5) is 16.1. The number of aromatic nitrogens is 2. The fourth-order valence-corrected chi connectivity index (χ4v) is 2.15. The Morgan fingerprint density at radius 2 is 2.04 bits per heavy atom. The Hall–Kier alpha value is -1.37. The third-order valence-electron chi connectivity index (χ3n) is 3.80. The smallest absolute Gasteiger partial charge is 0.224 e. The van der Waals surface area contributed by atoms with Gasteiger partial charge >= 0.3 is 0 Å². The van der Waals surface area contributed by atoms with E-state index in [0.717, 1.165) is 11.3 Å². The molecule has 1 aromatic heterocycles. The minimum absolute atomic E-state index is 0. The normalized spacial score (nSPS) is 12.9. The van der Waals surface area contributed by atoms with E-state index in [0.29, 0.717) is 18.5 Å². The zero-order valence-corrected chi connectivity index (χ0v) is 15.0. The topological polar surface area (TPSA) is 72.9 Å². The predicted octanol–water partition coefficient (Wildman–Crippen LogP) is 2.20. The molecule has 0 aliphatic heterocycles. The summed E-state index contributed by atoms with van der Waals surface area (Å²) >= 11 is 0. The highest BCUT2D eigenvalue weighted by Crippen LogP contribution is 2.17. The molecule has 0 saturated carbocycles. The van der Waals surface area contributed by atoms with Crippen molar-refractivity contribution in [2.24, 2.45) is 18.7 Å². The second-order valence-corrected chi connectivity index (χ2v) is 5.38. The summed E-state index contributed by atoms with van der Waals surface area (Å²) in [5, 5.41) is 2.83. The molecule has 0 spiro atoms. The van der Waals surface area contributed by atoms with Crippen molar-refractivity contribution in [1.29, 1.82) is 0 Å². The number of halogens is 3. The maximum Gasteiger partial charge on any atom is 0.224 e. The van der Waals surface area contributed by atoms with Gasteiger partial charge in [0.2, 0.25) is 5.91 Å². The first kappa shape index (κ1) is 21.6. The number of rotatable bonds is 5. The van der Waals surface area contributed by atoms with Gasteiger partial charge in [-0.2, -0.15) is 0 Å². The molecule has 2 atom stereocenters. The second-order valence-electron chi connectivity index (χ2n) is 5.38. The second kappa shape index (κ2) is 9.05. The summed E-state index contributed by atoms with van der Waals surface area (Å²) in [7, 11) is 1.84. The first-order valence-electron chi connectivity index (χ1n) is 7.05. The van der Waals surface area contributed by atoms with Crippen LogP contribution in [-0.4, -0.2) is 28.0 Å². The minimum Gasteiger partial charge on any atom is -0.355 e. The summed E-state index contributed by atoms with van der Waals surface area (Å²) in [6, 6.07) is 4.70. The highest BCUT2D eigenvalue weighted by molar-refractivity contribution is 5.85. The summed E-state index contributed by atoms with van der Waals surface area (Å²) < 4.78 is 15.5. The van der Waals surface area contributed by atoms with E-state index in [1.807, 2.05) is 17.7 Å². The number of carbonyl (C=O) groups excluding carboxylic acids is 1. The van der Waals surface area contributed by atoms with Crippen LogP contribution in [0.1, 0.15) is 19.7 Å². The predicted molar refractivity (Wildman–Crippen MR) is 94.7 cm³/mol. The van der Waals surface area contributed by atoms with Gasteiger partial charge in [-0.3, -0.25) is 4.79 Å². The summed E-state index contributed by atoms with van der Waals surface area (Å²) in [5.41, 5.74) is 6.81. The molecule has 8 heteroatoms. The molecule has 1 aromatic carbocycles. The van der Waals surface area contributed by atoms with Gasteiger partial charge in [-0.05, 0) is 19.1 Å². The minimum atomic E-state index is -0.330. The Morgan fingerprint density at radius 1 is 1.39 bits per heavy atom. The Bertz CT molecular complexity index is 660. The van der Waals surface area contributed by atoms with Crippen LogP contribution in [0, 0.1) is 11.7 Å². The zero-order chi connectivity index (χ0) is 15.6. The number of nitrogens with zero attached hydrogens (tertiary/aromatic N) is 2. The maximum atomic E-state index is 13.7. The summed E-state index contributed by atoms with van der Waals surface area (Å²) in [5.74, 6) is 0.102. The van der Waals surface area contributed by atoms with Crippen molar-refractivity contribution in [3.8, 4) is 0 Å². The van der Waals surface area contributed by atoms with Crippen LogP contribution < -0.4 is 11.1 Å². The van der Waals surface area contributed by atoms with Crippen molar-refractivity contribution in [3.05, 3.63) is 29.8 Å². The number of carbonyl (C=O) groups is 1. The molecule has 0 radical (unpaired) electrons. The molecule has 2 aromatic rings. The van der Waals surface area contributed by atoms with Crippen LogP contribution in [-0.2, 0) is 18.3 Å². The summed E-state index contributed by atoms with van der Waals surface area (Å²) in [6.45, 7) is 4.05. The van der Waals surface area contributed by atoms with Crippen LogP contribution in [0.5, 0.6) is 0 Å². The molecule has 2 rings (SSSR count). The number of nitrogens with one attached hydrogen (secondary N) is 1. The van der Waals surface area contributed by atoms with E-state index in [1.54, 1.807) is 19.9 Å². The fraction of sp³-hybridized carbons (Fsp3) is 0.467. The number of imidazole rings is 1. The average Bonchev–Trinajstić information content (AvgIpc) is 2.76. The van der Waals surface area contributed by atoms with Gasteiger partial charge in [-0.25, -0.2) is 9.37 Å². The molecular formula is C15H23Cl2FN4O. The van der Waals surface area contributed by atoms with E-state index in [9.17, 15) is 9.18 Å².